The predicted octanol–water partition coefficient (Wildman–Crippen LogP) is 3.92. The topological polar surface area (TPSA) is 29.5 Å². The van der Waals surface area contributed by atoms with Crippen LogP contribution in [0.25, 0.3) is 0 Å². The summed E-state index contributed by atoms with van der Waals surface area (Å²) in [5, 5.41) is 0. The van der Waals surface area contributed by atoms with E-state index in [2.05, 4.69) is 12.1 Å². The molecule has 0 unspecified atom stereocenters. The second-order valence-corrected chi connectivity index (χ2v) is 6.73. The van der Waals surface area contributed by atoms with Crippen LogP contribution < -0.4 is 9.64 Å². The normalized spacial score (nSPS) is 17.1. The number of carbonyl (C=O) groups is 1. The Labute approximate surface area is 143 Å². The van der Waals surface area contributed by atoms with Crippen molar-refractivity contribution in [3.05, 3.63) is 59.2 Å². The second-order valence-electron chi connectivity index (χ2n) is 6.73. The highest BCUT2D eigenvalue weighted by molar-refractivity contribution is 5.98. The summed E-state index contributed by atoms with van der Waals surface area (Å²) in [5.41, 5.74) is 4.96. The lowest BCUT2D eigenvalue weighted by Gasteiger charge is -2.25. The van der Waals surface area contributed by atoms with Gasteiger partial charge in [-0.3, -0.25) is 4.79 Å². The Hall–Kier alpha value is -2.29. The largest absolute Gasteiger partial charge is 0.481 e. The van der Waals surface area contributed by atoms with Crippen LogP contribution in [0.15, 0.2) is 42.5 Å². The van der Waals surface area contributed by atoms with Crippen molar-refractivity contribution in [2.24, 2.45) is 0 Å². The lowest BCUT2D eigenvalue weighted by Crippen LogP contribution is -2.39. The maximum absolute atomic E-state index is 12.9. The van der Waals surface area contributed by atoms with Gasteiger partial charge in [0.1, 0.15) is 5.75 Å². The Bertz CT molecular complexity index is 768. The number of benzene rings is 2. The van der Waals surface area contributed by atoms with E-state index >= 15 is 0 Å². The Morgan fingerprint density at radius 1 is 1.00 bits per heavy atom. The minimum Gasteiger partial charge on any atom is -0.481 e. The van der Waals surface area contributed by atoms with Crippen LogP contribution in [-0.2, 0) is 24.1 Å². The number of carbonyl (C=O) groups excluding carboxylic acids is 1. The maximum Gasteiger partial charge on any atom is 0.267 e. The molecule has 0 saturated carbocycles. The third-order valence-corrected chi connectivity index (χ3v) is 5.16. The molecule has 0 N–H and O–H groups in total. The fourth-order valence-electron chi connectivity index (χ4n) is 3.88. The molecule has 2 aromatic rings. The van der Waals surface area contributed by atoms with Crippen molar-refractivity contribution >= 4 is 11.6 Å². The van der Waals surface area contributed by atoms with E-state index in [9.17, 15) is 4.79 Å². The van der Waals surface area contributed by atoms with Crippen molar-refractivity contribution in [3.8, 4) is 5.75 Å². The number of para-hydroxylation sites is 1. The van der Waals surface area contributed by atoms with Crippen LogP contribution in [0.4, 0.5) is 5.69 Å². The summed E-state index contributed by atoms with van der Waals surface area (Å²) in [6, 6.07) is 14.4. The summed E-state index contributed by atoms with van der Waals surface area (Å²) in [5.74, 6) is 0.939. The van der Waals surface area contributed by atoms with Gasteiger partial charge in [-0.1, -0.05) is 30.3 Å². The molecular weight excluding hydrogens is 298 g/mol. The molecule has 0 spiro atoms. The standard InChI is InChI=1S/C21H23NO2/c1-15(21(23)22-14-13-17-8-3-5-11-19(17)22)24-20-12-6-9-16-7-2-4-10-18(16)20/h3,5-6,8-9,11-12,15H,2,4,7,10,13-14H2,1H3/t15-/m1/s1. The summed E-state index contributed by atoms with van der Waals surface area (Å²) in [6.07, 6.45) is 5.08. The van der Waals surface area contributed by atoms with E-state index in [4.69, 9.17) is 4.74 Å². The molecule has 0 radical (unpaired) electrons. The van der Waals surface area contributed by atoms with Gasteiger partial charge >= 0.3 is 0 Å². The van der Waals surface area contributed by atoms with Gasteiger partial charge in [-0.05, 0) is 67.9 Å². The number of hydrogen-bond donors (Lipinski definition) is 0. The zero-order valence-electron chi connectivity index (χ0n) is 14.1. The van der Waals surface area contributed by atoms with Crippen LogP contribution in [-0.4, -0.2) is 18.6 Å². The van der Waals surface area contributed by atoms with Crippen molar-refractivity contribution < 1.29 is 9.53 Å². The van der Waals surface area contributed by atoms with Gasteiger partial charge in [-0.15, -0.1) is 0 Å². The molecule has 1 atom stereocenters. The van der Waals surface area contributed by atoms with E-state index in [1.165, 1.54) is 29.5 Å². The second kappa shape index (κ2) is 6.31. The van der Waals surface area contributed by atoms with E-state index in [0.717, 1.165) is 37.2 Å². The van der Waals surface area contributed by atoms with Gasteiger partial charge in [0.15, 0.2) is 6.10 Å². The average Bonchev–Trinajstić information content (AvgIpc) is 3.05. The van der Waals surface area contributed by atoms with Gasteiger partial charge in [0, 0.05) is 12.2 Å². The number of anilines is 1. The number of aryl methyl sites for hydroxylation is 1. The van der Waals surface area contributed by atoms with Crippen LogP contribution in [0.5, 0.6) is 5.75 Å². The molecule has 1 aliphatic heterocycles. The van der Waals surface area contributed by atoms with Gasteiger partial charge in [0.2, 0.25) is 0 Å². The highest BCUT2D eigenvalue weighted by Gasteiger charge is 2.29. The molecule has 1 aliphatic carbocycles. The van der Waals surface area contributed by atoms with E-state index < -0.39 is 6.10 Å². The van der Waals surface area contributed by atoms with E-state index in [-0.39, 0.29) is 5.91 Å². The molecule has 1 heterocycles. The Morgan fingerprint density at radius 2 is 1.79 bits per heavy atom. The number of rotatable bonds is 3. The molecule has 24 heavy (non-hydrogen) atoms. The van der Waals surface area contributed by atoms with Crippen molar-refractivity contribution in [2.45, 2.75) is 45.1 Å². The molecule has 1 amide bonds. The van der Waals surface area contributed by atoms with Crippen LogP contribution in [0.2, 0.25) is 0 Å². The first-order chi connectivity index (χ1) is 11.7. The lowest BCUT2D eigenvalue weighted by atomic mass is 9.91. The van der Waals surface area contributed by atoms with Crippen molar-refractivity contribution in [3.63, 3.8) is 0 Å². The third-order valence-electron chi connectivity index (χ3n) is 5.16. The molecule has 3 heteroatoms. The first kappa shape index (κ1) is 15.3. The van der Waals surface area contributed by atoms with Crippen LogP contribution in [0.3, 0.4) is 0 Å². The molecule has 3 nitrogen and oxygen atoms in total. The highest BCUT2D eigenvalue weighted by Crippen LogP contribution is 2.32. The summed E-state index contributed by atoms with van der Waals surface area (Å²) in [7, 11) is 0. The maximum atomic E-state index is 12.9. The smallest absolute Gasteiger partial charge is 0.267 e. The molecule has 124 valence electrons. The molecule has 0 fully saturated rings. The number of hydrogen-bond acceptors (Lipinski definition) is 2. The first-order valence-electron chi connectivity index (χ1n) is 8.91. The third kappa shape index (κ3) is 2.68. The molecule has 2 aliphatic rings. The summed E-state index contributed by atoms with van der Waals surface area (Å²) in [6.45, 7) is 2.62. The molecule has 0 aromatic heterocycles. The molecule has 0 saturated heterocycles. The molecule has 2 aromatic carbocycles. The number of nitrogens with zero attached hydrogens (tertiary/aromatic N) is 1. The van der Waals surface area contributed by atoms with Gasteiger partial charge < -0.3 is 9.64 Å². The van der Waals surface area contributed by atoms with Crippen LogP contribution in [0, 0.1) is 0 Å². The monoisotopic (exact) mass is 321 g/mol. The molecule has 0 bridgehead atoms. The quantitative estimate of drug-likeness (QED) is 0.857. The van der Waals surface area contributed by atoms with Gasteiger partial charge in [0.05, 0.1) is 0 Å². The number of fused-ring (bicyclic) bond motifs is 2. The van der Waals surface area contributed by atoms with Crippen molar-refractivity contribution in [2.75, 3.05) is 11.4 Å². The number of ether oxygens (including phenoxy) is 1. The zero-order valence-corrected chi connectivity index (χ0v) is 14.1. The Kier molecular flexibility index (Phi) is 4.01. The van der Waals surface area contributed by atoms with Crippen LogP contribution in [0.1, 0.15) is 36.5 Å². The predicted molar refractivity (Wildman–Crippen MR) is 95.7 cm³/mol. The average molecular weight is 321 g/mol. The first-order valence-corrected chi connectivity index (χ1v) is 8.91. The fraction of sp³-hybridized carbons (Fsp3) is 0.381. The number of amides is 1. The molecular formula is C21H23NO2. The zero-order chi connectivity index (χ0) is 16.5. The van der Waals surface area contributed by atoms with Gasteiger partial charge in [0.25, 0.3) is 5.91 Å². The molecule has 4 rings (SSSR count). The van der Waals surface area contributed by atoms with E-state index in [1.807, 2.05) is 42.2 Å². The highest BCUT2D eigenvalue weighted by atomic mass is 16.5. The SMILES string of the molecule is C[C@@H](Oc1cccc2c1CCCC2)C(=O)N1CCc2ccccc21. The summed E-state index contributed by atoms with van der Waals surface area (Å²) >= 11 is 0. The van der Waals surface area contributed by atoms with Crippen molar-refractivity contribution in [1.82, 2.24) is 0 Å². The summed E-state index contributed by atoms with van der Waals surface area (Å²) < 4.78 is 6.11. The Morgan fingerprint density at radius 3 is 2.71 bits per heavy atom. The van der Waals surface area contributed by atoms with Crippen LogP contribution >= 0.6 is 0 Å². The minimum atomic E-state index is -0.468. The Balaban J connectivity index is 1.53. The summed E-state index contributed by atoms with van der Waals surface area (Å²) in [4.78, 5) is 14.8. The fourth-order valence-corrected chi connectivity index (χ4v) is 3.88. The van der Waals surface area contributed by atoms with E-state index in [1.54, 1.807) is 0 Å². The lowest BCUT2D eigenvalue weighted by molar-refractivity contribution is -0.124. The van der Waals surface area contributed by atoms with Gasteiger partial charge in [-0.2, -0.15) is 0 Å². The van der Waals surface area contributed by atoms with Crippen molar-refractivity contribution in [1.29, 1.82) is 0 Å². The van der Waals surface area contributed by atoms with Gasteiger partial charge in [-0.25, -0.2) is 0 Å². The minimum absolute atomic E-state index is 0.0494. The van der Waals surface area contributed by atoms with E-state index in [0.29, 0.717) is 0 Å².